The number of ether oxygens (including phenoxy) is 1. The number of rotatable bonds is 3. The van der Waals surface area contributed by atoms with Gasteiger partial charge < -0.3 is 29.3 Å². The number of aliphatic hydroxyl groups excluding tert-OH is 2. The van der Waals surface area contributed by atoms with E-state index in [0.717, 1.165) is 0 Å². The molecule has 0 unspecified atom stereocenters. The third-order valence-electron chi connectivity index (χ3n) is 1.70. The van der Waals surface area contributed by atoms with Crippen molar-refractivity contribution < 1.29 is 33.7 Å². The van der Waals surface area contributed by atoms with Crippen molar-refractivity contribution >= 4 is 18.5 Å². The molecule has 0 aromatic carbocycles. The van der Waals surface area contributed by atoms with Crippen molar-refractivity contribution in [2.24, 2.45) is 0 Å². The lowest BCUT2D eigenvalue weighted by Crippen LogP contribution is -2.31. The van der Waals surface area contributed by atoms with E-state index in [0.29, 0.717) is 0 Å². The van der Waals surface area contributed by atoms with Gasteiger partial charge >= 0.3 is 6.72 Å². The summed E-state index contributed by atoms with van der Waals surface area (Å²) in [5.41, 5.74) is 0. The Morgan fingerprint density at radius 1 is 1.43 bits per heavy atom. The summed E-state index contributed by atoms with van der Waals surface area (Å²) in [4.78, 5) is 17.3. The fraction of sp³-hybridized carbons (Fsp3) is 1.00. The molecule has 1 rings (SSSR count). The summed E-state index contributed by atoms with van der Waals surface area (Å²) >= 11 is 4.12. The van der Waals surface area contributed by atoms with Gasteiger partial charge in [0.2, 0.25) is 0 Å². The second-order valence-corrected chi connectivity index (χ2v) is 5.45. The molecule has 6 nitrogen and oxygen atoms in total. The molecule has 4 atom stereocenters. The molecule has 0 aromatic rings. The summed E-state index contributed by atoms with van der Waals surface area (Å²) in [6.07, 6.45) is -6.37. The van der Waals surface area contributed by atoms with Crippen LogP contribution in [0.25, 0.3) is 0 Å². The maximum atomic E-state index is 12.8. The van der Waals surface area contributed by atoms with Crippen LogP contribution in [0.15, 0.2) is 0 Å². The van der Waals surface area contributed by atoms with Crippen molar-refractivity contribution in [3.8, 4) is 0 Å². The van der Waals surface area contributed by atoms with Crippen molar-refractivity contribution in [1.82, 2.24) is 0 Å². The van der Waals surface area contributed by atoms with Crippen LogP contribution < -0.4 is 0 Å². The van der Waals surface area contributed by atoms with Crippen molar-refractivity contribution in [3.05, 3.63) is 0 Å². The van der Waals surface area contributed by atoms with Crippen LogP contribution in [-0.2, 0) is 21.1 Å². The van der Waals surface area contributed by atoms with Gasteiger partial charge in [-0.25, -0.2) is 4.39 Å². The van der Waals surface area contributed by atoms with Gasteiger partial charge in [0.25, 0.3) is 0 Å². The monoisotopic (exact) mass is 248 g/mol. The molecule has 1 fully saturated rings. The molecule has 4 N–H and O–H groups in total. The maximum absolute atomic E-state index is 12.8. The van der Waals surface area contributed by atoms with Gasteiger partial charge in [-0.2, -0.15) is 0 Å². The average molecular weight is 248 g/mol. The summed E-state index contributed by atoms with van der Waals surface area (Å²) in [5.74, 6) is 0. The Kier molecular flexibility index (Phi) is 3.95. The summed E-state index contributed by atoms with van der Waals surface area (Å²) in [5, 5.41) is 17.9. The van der Waals surface area contributed by atoms with Crippen molar-refractivity contribution in [2.75, 3.05) is 6.61 Å². The lowest BCUT2D eigenvalue weighted by atomic mass is 10.2. The van der Waals surface area contributed by atoms with Gasteiger partial charge in [0.05, 0.1) is 6.61 Å². The van der Waals surface area contributed by atoms with Crippen molar-refractivity contribution in [2.45, 2.75) is 24.7 Å². The second-order valence-electron chi connectivity index (χ2n) is 2.79. The summed E-state index contributed by atoms with van der Waals surface area (Å²) in [6.45, 7) is -4.33. The second kappa shape index (κ2) is 4.46. The van der Waals surface area contributed by atoms with E-state index in [1.807, 2.05) is 0 Å². The number of hydrogen-bond donors (Lipinski definition) is 4. The SMILES string of the molecule is O[C@H]1[C@H](F)[C@@H](O)O[C@@H]1COP(O)(O)=S. The molecule has 1 saturated heterocycles. The molecule has 1 aliphatic rings. The molecule has 0 radical (unpaired) electrons. The molecule has 1 heterocycles. The standard InChI is InChI=1S/C5H10FO6PS/c6-3-4(7)2(12-5(3)8)1-11-13(9,10)14/h2-5,7-8H,1H2,(H2,9,10,14)/t2-,3+,4-,5+/m1/s1. The minimum absolute atomic E-state index is 0.483. The van der Waals surface area contributed by atoms with Crippen LogP contribution in [-0.4, -0.2) is 51.3 Å². The minimum Gasteiger partial charge on any atom is -0.387 e. The van der Waals surface area contributed by atoms with Crippen LogP contribution in [0, 0.1) is 0 Å². The molecule has 1 aliphatic heterocycles. The highest BCUT2D eigenvalue weighted by molar-refractivity contribution is 8.06. The summed E-state index contributed by atoms with van der Waals surface area (Å²) in [6, 6.07) is 0. The first-order chi connectivity index (χ1) is 6.31. The summed E-state index contributed by atoms with van der Waals surface area (Å²) < 4.78 is 21.6. The van der Waals surface area contributed by atoms with Gasteiger partial charge in [0.15, 0.2) is 12.5 Å². The normalized spacial score (nSPS) is 38.9. The fourth-order valence-electron chi connectivity index (χ4n) is 1.02. The molecule has 0 aromatic heterocycles. The van der Waals surface area contributed by atoms with E-state index in [2.05, 4.69) is 21.1 Å². The van der Waals surface area contributed by atoms with E-state index < -0.39 is 38.0 Å². The molecule has 0 bridgehead atoms. The van der Waals surface area contributed by atoms with Gasteiger partial charge in [0, 0.05) is 0 Å². The van der Waals surface area contributed by atoms with Crippen LogP contribution in [0.5, 0.6) is 0 Å². The number of halogens is 1. The van der Waals surface area contributed by atoms with Gasteiger partial charge in [-0.05, 0) is 11.8 Å². The predicted molar refractivity (Wildman–Crippen MR) is 46.5 cm³/mol. The fourth-order valence-corrected chi connectivity index (χ4v) is 1.54. The van der Waals surface area contributed by atoms with Crippen LogP contribution in [0.3, 0.4) is 0 Å². The Labute approximate surface area is 84.1 Å². The van der Waals surface area contributed by atoms with Crippen LogP contribution >= 0.6 is 6.72 Å². The lowest BCUT2D eigenvalue weighted by molar-refractivity contribution is -0.119. The Hall–Kier alpha value is 0.340. The predicted octanol–water partition coefficient (Wildman–Crippen LogP) is -1.37. The van der Waals surface area contributed by atoms with E-state index >= 15 is 0 Å². The maximum Gasteiger partial charge on any atom is 0.321 e. The highest BCUT2D eigenvalue weighted by atomic mass is 32.5. The van der Waals surface area contributed by atoms with Crippen LogP contribution in [0.2, 0.25) is 0 Å². The Morgan fingerprint density at radius 2 is 2.00 bits per heavy atom. The van der Waals surface area contributed by atoms with Gasteiger partial charge in [-0.15, -0.1) is 0 Å². The van der Waals surface area contributed by atoms with Gasteiger partial charge in [0.1, 0.15) is 12.2 Å². The lowest BCUT2D eigenvalue weighted by Gasteiger charge is -2.15. The molecule has 0 aliphatic carbocycles. The molecule has 0 amide bonds. The highest BCUT2D eigenvalue weighted by Crippen LogP contribution is 2.37. The van der Waals surface area contributed by atoms with E-state index in [1.165, 1.54) is 0 Å². The zero-order valence-electron chi connectivity index (χ0n) is 6.86. The third kappa shape index (κ3) is 3.18. The molecule has 14 heavy (non-hydrogen) atoms. The minimum atomic E-state index is -3.85. The van der Waals surface area contributed by atoms with Gasteiger partial charge in [-0.1, -0.05) is 0 Å². The van der Waals surface area contributed by atoms with E-state index in [1.54, 1.807) is 0 Å². The number of alkyl halides is 1. The van der Waals surface area contributed by atoms with Crippen molar-refractivity contribution in [3.63, 3.8) is 0 Å². The smallest absolute Gasteiger partial charge is 0.321 e. The molecule has 9 heteroatoms. The molecule has 0 saturated carbocycles. The van der Waals surface area contributed by atoms with E-state index in [4.69, 9.17) is 20.0 Å². The average Bonchev–Trinajstić information content (AvgIpc) is 2.28. The molecular weight excluding hydrogens is 238 g/mol. The van der Waals surface area contributed by atoms with E-state index in [-0.39, 0.29) is 0 Å². The zero-order chi connectivity index (χ0) is 10.9. The molecule has 84 valence electrons. The molecular formula is C5H10FO6PS. The Morgan fingerprint density at radius 3 is 2.36 bits per heavy atom. The van der Waals surface area contributed by atoms with Gasteiger partial charge in [-0.3, -0.25) is 0 Å². The first-order valence-corrected chi connectivity index (χ1v) is 6.29. The Balaban J connectivity index is 2.44. The first kappa shape index (κ1) is 12.4. The molecule has 0 spiro atoms. The van der Waals surface area contributed by atoms with Crippen molar-refractivity contribution in [1.29, 1.82) is 0 Å². The quantitative estimate of drug-likeness (QED) is 0.457. The Bertz CT molecular complexity index is 246. The first-order valence-electron chi connectivity index (χ1n) is 3.67. The number of hydrogen-bond acceptors (Lipinski definition) is 5. The zero-order valence-corrected chi connectivity index (χ0v) is 8.57. The topological polar surface area (TPSA) is 99.4 Å². The highest BCUT2D eigenvalue weighted by Gasteiger charge is 2.43. The van der Waals surface area contributed by atoms with Crippen LogP contribution in [0.1, 0.15) is 0 Å². The largest absolute Gasteiger partial charge is 0.387 e. The summed E-state index contributed by atoms with van der Waals surface area (Å²) in [7, 11) is 0. The third-order valence-corrected chi connectivity index (χ3v) is 2.50. The number of aliphatic hydroxyl groups is 2. The van der Waals surface area contributed by atoms with Crippen LogP contribution in [0.4, 0.5) is 4.39 Å². The van der Waals surface area contributed by atoms with E-state index in [9.17, 15) is 4.39 Å².